The fourth-order valence-electron chi connectivity index (χ4n) is 3.20. The first-order valence-corrected chi connectivity index (χ1v) is 13.9. The zero-order chi connectivity index (χ0) is 26.5. The van der Waals surface area contributed by atoms with Gasteiger partial charge in [0.05, 0.1) is 23.9 Å². The van der Waals surface area contributed by atoms with Gasteiger partial charge < -0.3 is 10.1 Å². The van der Waals surface area contributed by atoms with Crippen LogP contribution in [0.3, 0.4) is 0 Å². The number of methoxy groups -OCH3 is 1. The van der Waals surface area contributed by atoms with Crippen LogP contribution in [0.5, 0.6) is 5.75 Å². The molecular weight excluding hydrogens is 506 g/mol. The second-order valence-electron chi connectivity index (χ2n) is 7.78. The number of amides is 1. The van der Waals surface area contributed by atoms with Crippen molar-refractivity contribution >= 4 is 48.8 Å². The van der Waals surface area contributed by atoms with Crippen molar-refractivity contribution in [2.45, 2.75) is 11.8 Å². The SMILES string of the molecule is COc1ccc(NS(=O)(=O)c2ccc(NC(=O)CN(c3cccc(C(C)=O)c3)S(C)(=O)=O)cc2)cc1. The van der Waals surface area contributed by atoms with Gasteiger partial charge in [0.15, 0.2) is 5.78 Å². The van der Waals surface area contributed by atoms with Crippen molar-refractivity contribution in [1.29, 1.82) is 0 Å². The van der Waals surface area contributed by atoms with Crippen molar-refractivity contribution in [3.05, 3.63) is 78.4 Å². The topological polar surface area (TPSA) is 139 Å². The van der Waals surface area contributed by atoms with Crippen LogP contribution in [0, 0.1) is 0 Å². The molecule has 0 radical (unpaired) electrons. The van der Waals surface area contributed by atoms with Crippen LogP contribution in [-0.2, 0) is 24.8 Å². The van der Waals surface area contributed by atoms with E-state index in [-0.39, 0.29) is 22.1 Å². The minimum absolute atomic E-state index is 0.0323. The van der Waals surface area contributed by atoms with Crippen molar-refractivity contribution in [3.63, 3.8) is 0 Å². The third-order valence-corrected chi connectivity index (χ3v) is 7.56. The van der Waals surface area contributed by atoms with E-state index in [1.165, 1.54) is 56.5 Å². The molecule has 0 unspecified atom stereocenters. The van der Waals surface area contributed by atoms with E-state index in [1.807, 2.05) is 0 Å². The van der Waals surface area contributed by atoms with Gasteiger partial charge in [0.2, 0.25) is 15.9 Å². The number of Topliss-reactive ketones (excluding diaryl/α,β-unsaturated/α-hetero) is 1. The van der Waals surface area contributed by atoms with E-state index >= 15 is 0 Å². The lowest BCUT2D eigenvalue weighted by Gasteiger charge is -2.22. The minimum Gasteiger partial charge on any atom is -0.497 e. The van der Waals surface area contributed by atoms with Gasteiger partial charge in [-0.25, -0.2) is 16.8 Å². The van der Waals surface area contributed by atoms with E-state index in [0.29, 0.717) is 17.0 Å². The van der Waals surface area contributed by atoms with E-state index in [2.05, 4.69) is 10.0 Å². The maximum Gasteiger partial charge on any atom is 0.261 e. The maximum atomic E-state index is 12.7. The van der Waals surface area contributed by atoms with Crippen LogP contribution in [0.2, 0.25) is 0 Å². The largest absolute Gasteiger partial charge is 0.497 e. The molecule has 0 aliphatic heterocycles. The summed E-state index contributed by atoms with van der Waals surface area (Å²) in [5.41, 5.74) is 1.10. The lowest BCUT2D eigenvalue weighted by molar-refractivity contribution is -0.114. The standard InChI is InChI=1S/C24H25N3O7S2/c1-17(28)18-5-4-6-21(15-18)27(35(3,30)31)16-24(29)25-19-9-13-23(14-10-19)36(32,33)26-20-7-11-22(34-2)12-8-20/h4-15,26H,16H2,1-3H3,(H,25,29). The molecule has 12 heteroatoms. The zero-order valence-electron chi connectivity index (χ0n) is 19.8. The Balaban J connectivity index is 1.71. The number of carbonyl (C=O) groups excluding carboxylic acids is 2. The molecular formula is C24H25N3O7S2. The molecule has 0 aliphatic carbocycles. The summed E-state index contributed by atoms with van der Waals surface area (Å²) in [6.45, 7) is 0.812. The molecule has 0 aromatic heterocycles. The first-order chi connectivity index (χ1) is 16.9. The average molecular weight is 532 g/mol. The third kappa shape index (κ3) is 6.83. The van der Waals surface area contributed by atoms with Gasteiger partial charge in [-0.3, -0.25) is 18.6 Å². The summed E-state index contributed by atoms with van der Waals surface area (Å²) in [6, 6.07) is 17.7. The average Bonchev–Trinajstić information content (AvgIpc) is 2.82. The summed E-state index contributed by atoms with van der Waals surface area (Å²) in [5, 5.41) is 2.55. The number of anilines is 3. The summed E-state index contributed by atoms with van der Waals surface area (Å²) in [4.78, 5) is 24.2. The number of ketones is 1. The number of hydrogen-bond acceptors (Lipinski definition) is 7. The molecule has 1 amide bonds. The smallest absolute Gasteiger partial charge is 0.261 e. The van der Waals surface area contributed by atoms with Crippen molar-refractivity contribution in [3.8, 4) is 5.75 Å². The summed E-state index contributed by atoms with van der Waals surface area (Å²) in [7, 11) is -6.22. The Morgan fingerprint density at radius 2 is 1.50 bits per heavy atom. The molecule has 0 spiro atoms. The molecule has 10 nitrogen and oxygen atoms in total. The van der Waals surface area contributed by atoms with Gasteiger partial charge >= 0.3 is 0 Å². The molecule has 0 saturated heterocycles. The molecule has 3 aromatic carbocycles. The van der Waals surface area contributed by atoms with Gasteiger partial charge in [0, 0.05) is 16.9 Å². The van der Waals surface area contributed by atoms with Crippen LogP contribution in [0.25, 0.3) is 0 Å². The maximum absolute atomic E-state index is 12.7. The summed E-state index contributed by atoms with van der Waals surface area (Å²) in [6.07, 6.45) is 0.955. The Morgan fingerprint density at radius 1 is 0.889 bits per heavy atom. The zero-order valence-corrected chi connectivity index (χ0v) is 21.4. The second kappa shape index (κ2) is 10.8. The minimum atomic E-state index is -3.88. The molecule has 3 rings (SSSR count). The molecule has 2 N–H and O–H groups in total. The van der Waals surface area contributed by atoms with Crippen LogP contribution in [0.1, 0.15) is 17.3 Å². The summed E-state index contributed by atoms with van der Waals surface area (Å²) >= 11 is 0. The highest BCUT2D eigenvalue weighted by Crippen LogP contribution is 2.22. The first-order valence-electron chi connectivity index (χ1n) is 10.5. The Bertz CT molecular complexity index is 1470. The highest BCUT2D eigenvalue weighted by atomic mass is 32.2. The number of nitrogens with zero attached hydrogens (tertiary/aromatic N) is 1. The molecule has 0 saturated carbocycles. The number of carbonyl (C=O) groups is 2. The molecule has 0 fully saturated rings. The number of nitrogens with one attached hydrogen (secondary N) is 2. The summed E-state index contributed by atoms with van der Waals surface area (Å²) in [5.74, 6) is -0.314. The predicted octanol–water partition coefficient (Wildman–Crippen LogP) is 3.10. The van der Waals surface area contributed by atoms with Crippen molar-refractivity contribution in [2.75, 3.05) is 34.3 Å². The normalized spacial score (nSPS) is 11.4. The predicted molar refractivity (Wildman–Crippen MR) is 138 cm³/mol. The van der Waals surface area contributed by atoms with Crippen LogP contribution >= 0.6 is 0 Å². The number of hydrogen-bond donors (Lipinski definition) is 2. The Morgan fingerprint density at radius 3 is 2.06 bits per heavy atom. The van der Waals surface area contributed by atoms with Gasteiger partial charge in [0.1, 0.15) is 12.3 Å². The van der Waals surface area contributed by atoms with E-state index in [9.17, 15) is 26.4 Å². The monoisotopic (exact) mass is 531 g/mol. The van der Waals surface area contributed by atoms with Crippen molar-refractivity contribution in [2.24, 2.45) is 0 Å². The molecule has 0 bridgehead atoms. The summed E-state index contributed by atoms with van der Waals surface area (Å²) < 4.78 is 58.3. The number of benzene rings is 3. The van der Waals surface area contributed by atoms with E-state index in [4.69, 9.17) is 4.74 Å². The molecule has 190 valence electrons. The molecule has 0 atom stereocenters. The van der Waals surface area contributed by atoms with Crippen molar-refractivity contribution in [1.82, 2.24) is 0 Å². The fourth-order valence-corrected chi connectivity index (χ4v) is 5.11. The molecule has 3 aromatic rings. The lowest BCUT2D eigenvalue weighted by Crippen LogP contribution is -2.37. The van der Waals surface area contributed by atoms with Gasteiger partial charge in [-0.05, 0) is 67.6 Å². The van der Waals surface area contributed by atoms with Gasteiger partial charge in [-0.15, -0.1) is 0 Å². The van der Waals surface area contributed by atoms with Crippen LogP contribution in [0.15, 0.2) is 77.7 Å². The lowest BCUT2D eigenvalue weighted by atomic mass is 10.1. The van der Waals surface area contributed by atoms with E-state index in [1.54, 1.807) is 30.3 Å². The van der Waals surface area contributed by atoms with Crippen molar-refractivity contribution < 1.29 is 31.2 Å². The van der Waals surface area contributed by atoms with E-state index < -0.39 is 32.5 Å². The van der Waals surface area contributed by atoms with E-state index in [0.717, 1.165) is 10.6 Å². The highest BCUT2D eigenvalue weighted by molar-refractivity contribution is 7.92. The second-order valence-corrected chi connectivity index (χ2v) is 11.4. The number of ether oxygens (including phenoxy) is 1. The highest BCUT2D eigenvalue weighted by Gasteiger charge is 2.22. The quantitative estimate of drug-likeness (QED) is 0.383. The van der Waals surface area contributed by atoms with Crippen LogP contribution < -0.4 is 19.1 Å². The third-order valence-electron chi connectivity index (χ3n) is 5.02. The Hall–Kier alpha value is -3.90. The number of rotatable bonds is 10. The van der Waals surface area contributed by atoms with Crippen LogP contribution in [0.4, 0.5) is 17.1 Å². The van der Waals surface area contributed by atoms with Crippen LogP contribution in [-0.4, -0.2) is 48.4 Å². The Kier molecular flexibility index (Phi) is 8.00. The molecule has 0 heterocycles. The fraction of sp³-hybridized carbons (Fsp3) is 0.167. The number of sulfonamides is 2. The first kappa shape index (κ1) is 26.7. The van der Waals surface area contributed by atoms with Gasteiger partial charge in [-0.2, -0.15) is 0 Å². The molecule has 0 aliphatic rings. The van der Waals surface area contributed by atoms with Gasteiger partial charge in [-0.1, -0.05) is 12.1 Å². The molecule has 36 heavy (non-hydrogen) atoms. The van der Waals surface area contributed by atoms with Gasteiger partial charge in [0.25, 0.3) is 10.0 Å². The Labute approximate surface area is 210 Å².